The van der Waals surface area contributed by atoms with E-state index in [2.05, 4.69) is 15.4 Å². The standard InChI is InChI=1S/C36H49N5O12S3/c1-35(2,3)52-33(46)38-23(31(44)50-9)19-54-27-28(55-20-24(32(45)51-10)39-34(47)53-36(4,5)6)30(43)41(29(27)42)18-17-37-56(48,49)26-16-12-13-21-22(26)14-11-15-25(21)40(7)8/h11-16,23-24,37H,17-20H2,1-10H3,(H,38,46)(H,39,47)/t23-,24-/m0/s1. The van der Waals surface area contributed by atoms with Crippen molar-refractivity contribution in [3.8, 4) is 0 Å². The van der Waals surface area contributed by atoms with Gasteiger partial charge in [0.2, 0.25) is 10.0 Å². The van der Waals surface area contributed by atoms with Gasteiger partial charge in [-0.25, -0.2) is 32.3 Å². The highest BCUT2D eigenvalue weighted by Crippen LogP contribution is 2.37. The topological polar surface area (TPSA) is 216 Å². The number of rotatable bonds is 16. The molecule has 2 atom stereocenters. The molecule has 2 aromatic rings. The minimum atomic E-state index is -4.15. The van der Waals surface area contributed by atoms with Crippen LogP contribution in [0.25, 0.3) is 10.8 Å². The Morgan fingerprint density at radius 2 is 1.20 bits per heavy atom. The molecule has 0 bridgehead atoms. The predicted octanol–water partition coefficient (Wildman–Crippen LogP) is 3.36. The summed E-state index contributed by atoms with van der Waals surface area (Å²) in [6.07, 6.45) is -1.86. The highest BCUT2D eigenvalue weighted by atomic mass is 32.2. The van der Waals surface area contributed by atoms with E-state index in [1.807, 2.05) is 25.1 Å². The lowest BCUT2D eigenvalue weighted by molar-refractivity contribution is -0.143. The number of hydrogen-bond acceptors (Lipinski definition) is 15. The third-order valence-corrected chi connectivity index (χ3v) is 11.5. The molecular formula is C36H49N5O12S3. The summed E-state index contributed by atoms with van der Waals surface area (Å²) in [6, 6.07) is 7.50. The zero-order chi connectivity index (χ0) is 42.2. The van der Waals surface area contributed by atoms with Crippen molar-refractivity contribution in [2.75, 3.05) is 57.8 Å². The first-order valence-electron chi connectivity index (χ1n) is 17.2. The summed E-state index contributed by atoms with van der Waals surface area (Å²) in [7, 11) is 1.74. The number of nitrogens with zero attached hydrogens (tertiary/aromatic N) is 2. The normalized spacial score (nSPS) is 14.6. The number of ether oxygens (including phenoxy) is 4. The summed E-state index contributed by atoms with van der Waals surface area (Å²) in [5.74, 6) is -3.95. The van der Waals surface area contributed by atoms with Crippen LogP contribution >= 0.6 is 23.5 Å². The molecule has 0 fully saturated rings. The molecule has 0 unspecified atom stereocenters. The summed E-state index contributed by atoms with van der Waals surface area (Å²) in [5, 5.41) is 5.98. The quantitative estimate of drug-likeness (QED) is 0.126. The van der Waals surface area contributed by atoms with Gasteiger partial charge in [0.1, 0.15) is 23.3 Å². The maximum Gasteiger partial charge on any atom is 0.408 e. The SMILES string of the molecule is COC(=O)[C@H](CSC1=C(SC[C@H](NC(=O)OC(C)(C)C)C(=O)OC)C(=O)N(CCNS(=O)(=O)c2cccc3c(N(C)C)cccc23)C1=O)NC(=O)OC(C)(C)C. The zero-order valence-corrected chi connectivity index (χ0v) is 35.4. The fraction of sp³-hybridized carbons (Fsp3) is 0.500. The number of carbonyl (C=O) groups excluding carboxylic acids is 6. The number of anilines is 1. The Labute approximate surface area is 335 Å². The molecule has 3 rings (SSSR count). The van der Waals surface area contributed by atoms with Crippen LogP contribution < -0.4 is 20.3 Å². The number of thioether (sulfide) groups is 2. The molecule has 3 N–H and O–H groups in total. The van der Waals surface area contributed by atoms with Gasteiger partial charge in [0.15, 0.2) is 0 Å². The second kappa shape index (κ2) is 19.1. The number of esters is 2. The lowest BCUT2D eigenvalue weighted by Crippen LogP contribution is -2.45. The van der Waals surface area contributed by atoms with Gasteiger partial charge in [-0.3, -0.25) is 14.5 Å². The van der Waals surface area contributed by atoms with E-state index in [0.717, 1.165) is 48.3 Å². The Morgan fingerprint density at radius 1 is 0.750 bits per heavy atom. The van der Waals surface area contributed by atoms with Gasteiger partial charge >= 0.3 is 24.1 Å². The van der Waals surface area contributed by atoms with Crippen molar-refractivity contribution in [1.82, 2.24) is 20.3 Å². The van der Waals surface area contributed by atoms with E-state index in [0.29, 0.717) is 10.8 Å². The second-order valence-corrected chi connectivity index (χ2v) is 18.2. The molecule has 0 spiro atoms. The summed E-state index contributed by atoms with van der Waals surface area (Å²) in [5.41, 5.74) is -0.987. The molecule has 0 radical (unpaired) electrons. The molecule has 56 heavy (non-hydrogen) atoms. The lowest BCUT2D eigenvalue weighted by atomic mass is 10.1. The van der Waals surface area contributed by atoms with Gasteiger partial charge in [-0.2, -0.15) is 0 Å². The maximum absolute atomic E-state index is 13.9. The predicted molar refractivity (Wildman–Crippen MR) is 212 cm³/mol. The molecule has 0 aliphatic carbocycles. The van der Waals surface area contributed by atoms with Crippen molar-refractivity contribution >= 4 is 85.9 Å². The fourth-order valence-electron chi connectivity index (χ4n) is 5.10. The molecule has 2 aromatic carbocycles. The van der Waals surface area contributed by atoms with Crippen molar-refractivity contribution in [3.63, 3.8) is 0 Å². The Kier molecular flexibility index (Phi) is 15.6. The third kappa shape index (κ3) is 12.5. The van der Waals surface area contributed by atoms with Crippen LogP contribution in [-0.2, 0) is 48.1 Å². The van der Waals surface area contributed by atoms with Crippen LogP contribution in [0.2, 0.25) is 0 Å². The van der Waals surface area contributed by atoms with E-state index < -0.39 is 75.8 Å². The number of carbonyl (C=O) groups is 6. The van der Waals surface area contributed by atoms with Crippen LogP contribution in [0, 0.1) is 0 Å². The van der Waals surface area contributed by atoms with E-state index in [4.69, 9.17) is 18.9 Å². The maximum atomic E-state index is 13.9. The lowest BCUT2D eigenvalue weighted by Gasteiger charge is -2.23. The van der Waals surface area contributed by atoms with Crippen LogP contribution in [0.1, 0.15) is 41.5 Å². The Hall–Kier alpha value is -4.53. The van der Waals surface area contributed by atoms with E-state index >= 15 is 0 Å². The number of methoxy groups -OCH3 is 2. The Morgan fingerprint density at radius 3 is 1.62 bits per heavy atom. The van der Waals surface area contributed by atoms with E-state index in [1.54, 1.807) is 65.8 Å². The first kappa shape index (κ1) is 45.9. The second-order valence-electron chi connectivity index (χ2n) is 14.4. The molecule has 1 aliphatic rings. The number of alkyl carbamates (subject to hydrolysis) is 2. The molecule has 0 saturated carbocycles. The average molecular weight is 840 g/mol. The summed E-state index contributed by atoms with van der Waals surface area (Å²) in [6.45, 7) is 9.00. The van der Waals surface area contributed by atoms with Crippen molar-refractivity contribution < 1.29 is 56.1 Å². The van der Waals surface area contributed by atoms with Gasteiger partial charge in [0.05, 0.1) is 28.9 Å². The first-order chi connectivity index (χ1) is 26.0. The number of sulfonamides is 1. The summed E-state index contributed by atoms with van der Waals surface area (Å²) in [4.78, 5) is 80.5. The molecule has 1 heterocycles. The minimum absolute atomic E-state index is 0.000989. The van der Waals surface area contributed by atoms with Crippen molar-refractivity contribution in [1.29, 1.82) is 0 Å². The largest absolute Gasteiger partial charge is 0.467 e. The van der Waals surface area contributed by atoms with Crippen LogP contribution in [-0.4, -0.2) is 125 Å². The molecule has 0 aromatic heterocycles. The smallest absolute Gasteiger partial charge is 0.408 e. The summed E-state index contributed by atoms with van der Waals surface area (Å²) < 4.78 is 49.8. The van der Waals surface area contributed by atoms with Crippen LogP contribution in [0.5, 0.6) is 0 Å². The van der Waals surface area contributed by atoms with Crippen molar-refractivity contribution in [2.24, 2.45) is 0 Å². The van der Waals surface area contributed by atoms with Crippen LogP contribution in [0.4, 0.5) is 15.3 Å². The van der Waals surface area contributed by atoms with Crippen LogP contribution in [0.15, 0.2) is 51.1 Å². The average Bonchev–Trinajstić information content (AvgIpc) is 3.32. The molecular weight excluding hydrogens is 791 g/mol. The highest BCUT2D eigenvalue weighted by molar-refractivity contribution is 8.08. The third-order valence-electron chi connectivity index (χ3n) is 7.48. The minimum Gasteiger partial charge on any atom is -0.467 e. The molecule has 17 nitrogen and oxygen atoms in total. The van der Waals surface area contributed by atoms with Gasteiger partial charge in [-0.1, -0.05) is 24.3 Å². The van der Waals surface area contributed by atoms with Crippen LogP contribution in [0.3, 0.4) is 0 Å². The molecule has 308 valence electrons. The first-order valence-corrected chi connectivity index (χ1v) is 20.6. The molecule has 1 aliphatic heterocycles. The number of hydrogen-bond donors (Lipinski definition) is 3. The molecule has 0 saturated heterocycles. The monoisotopic (exact) mass is 839 g/mol. The summed E-state index contributed by atoms with van der Waals surface area (Å²) >= 11 is 1.51. The van der Waals surface area contributed by atoms with Crippen molar-refractivity contribution in [3.05, 3.63) is 46.2 Å². The zero-order valence-electron chi connectivity index (χ0n) is 33.0. The number of nitrogens with one attached hydrogen (secondary N) is 3. The Balaban J connectivity index is 1.90. The van der Waals surface area contributed by atoms with E-state index in [1.165, 1.54) is 6.07 Å². The number of fused-ring (bicyclic) bond motifs is 1. The van der Waals surface area contributed by atoms with Gasteiger partial charge in [-0.15, -0.1) is 23.5 Å². The van der Waals surface area contributed by atoms with E-state index in [-0.39, 0.29) is 32.8 Å². The van der Waals surface area contributed by atoms with Gasteiger partial charge < -0.3 is 34.5 Å². The van der Waals surface area contributed by atoms with Crippen molar-refractivity contribution in [2.45, 2.75) is 69.7 Å². The van der Waals surface area contributed by atoms with Gasteiger partial charge in [-0.05, 0) is 53.7 Å². The number of benzene rings is 2. The highest BCUT2D eigenvalue weighted by Gasteiger charge is 2.41. The molecule has 4 amide bonds. The number of imide groups is 1. The Bertz CT molecular complexity index is 1900. The van der Waals surface area contributed by atoms with E-state index in [9.17, 15) is 37.2 Å². The number of amides is 4. The van der Waals surface area contributed by atoms with Gasteiger partial charge in [0, 0.05) is 55.2 Å². The fourth-order valence-corrected chi connectivity index (χ4v) is 8.71. The molecule has 20 heteroatoms. The van der Waals surface area contributed by atoms with Gasteiger partial charge in [0.25, 0.3) is 11.8 Å².